The molecule has 0 spiro atoms. The molecule has 0 heterocycles. The highest BCUT2D eigenvalue weighted by atomic mass is 15.2. The van der Waals surface area contributed by atoms with Crippen molar-refractivity contribution in [3.63, 3.8) is 0 Å². The van der Waals surface area contributed by atoms with Crippen LogP contribution in [0.15, 0.2) is 30.3 Å². The van der Waals surface area contributed by atoms with Gasteiger partial charge in [-0.2, -0.15) is 0 Å². The Kier molecular flexibility index (Phi) is 5.41. The van der Waals surface area contributed by atoms with Gasteiger partial charge in [-0.1, -0.05) is 43.7 Å². The molecule has 1 aliphatic rings. The Morgan fingerprint density at radius 2 is 1.95 bits per heavy atom. The first-order valence-electron chi connectivity index (χ1n) is 7.72. The monoisotopic (exact) mass is 260 g/mol. The van der Waals surface area contributed by atoms with Crippen molar-refractivity contribution in [2.45, 2.75) is 45.2 Å². The summed E-state index contributed by atoms with van der Waals surface area (Å²) < 4.78 is 0. The van der Waals surface area contributed by atoms with Gasteiger partial charge in [-0.3, -0.25) is 4.90 Å². The van der Waals surface area contributed by atoms with Gasteiger partial charge in [0.05, 0.1) is 0 Å². The van der Waals surface area contributed by atoms with Gasteiger partial charge in [0.25, 0.3) is 0 Å². The second kappa shape index (κ2) is 7.06. The lowest BCUT2D eigenvalue weighted by molar-refractivity contribution is 0.124. The van der Waals surface area contributed by atoms with Crippen molar-refractivity contribution < 1.29 is 0 Å². The molecule has 0 aliphatic heterocycles. The van der Waals surface area contributed by atoms with E-state index in [1.807, 2.05) is 0 Å². The summed E-state index contributed by atoms with van der Waals surface area (Å²) in [7, 11) is 2.07. The molecule has 2 rings (SSSR count). The van der Waals surface area contributed by atoms with Crippen LogP contribution in [0.25, 0.3) is 0 Å². The number of likely N-dealkylation sites (N-methyl/N-ethyl adjacent to an activating group) is 2. The normalized spacial score (nSPS) is 19.2. The molecule has 2 nitrogen and oxygen atoms in total. The van der Waals surface area contributed by atoms with Gasteiger partial charge in [0.2, 0.25) is 0 Å². The van der Waals surface area contributed by atoms with E-state index in [2.05, 4.69) is 61.4 Å². The smallest absolute Gasteiger partial charge is 0.0473 e. The van der Waals surface area contributed by atoms with Crippen molar-refractivity contribution in [1.82, 2.24) is 10.2 Å². The molecule has 1 aliphatic carbocycles. The minimum absolute atomic E-state index is 0.418. The Hall–Kier alpha value is -0.860. The molecular formula is C17H28N2. The third kappa shape index (κ3) is 3.58. The average Bonchev–Trinajstić information content (AvgIpc) is 2.39. The van der Waals surface area contributed by atoms with Crippen molar-refractivity contribution >= 4 is 0 Å². The number of hydrogen-bond acceptors (Lipinski definition) is 2. The molecule has 2 unspecified atom stereocenters. The lowest BCUT2D eigenvalue weighted by Gasteiger charge is -2.38. The lowest BCUT2D eigenvalue weighted by Crippen LogP contribution is -2.45. The molecule has 19 heavy (non-hydrogen) atoms. The maximum absolute atomic E-state index is 3.50. The van der Waals surface area contributed by atoms with Crippen molar-refractivity contribution in [3.05, 3.63) is 35.9 Å². The van der Waals surface area contributed by atoms with Crippen LogP contribution in [-0.2, 0) is 0 Å². The Balaban J connectivity index is 2.03. The first kappa shape index (κ1) is 14.5. The van der Waals surface area contributed by atoms with Gasteiger partial charge in [-0.25, -0.2) is 0 Å². The molecule has 2 heteroatoms. The molecular weight excluding hydrogens is 232 g/mol. The van der Waals surface area contributed by atoms with Gasteiger partial charge < -0.3 is 5.32 Å². The second-order valence-electron chi connectivity index (χ2n) is 5.80. The zero-order chi connectivity index (χ0) is 13.7. The maximum atomic E-state index is 3.50. The van der Waals surface area contributed by atoms with Crippen LogP contribution >= 0.6 is 0 Å². The molecule has 1 N–H and O–H groups in total. The molecule has 0 aromatic heterocycles. The Labute approximate surface area is 118 Å². The van der Waals surface area contributed by atoms with Crippen LogP contribution in [0.4, 0.5) is 0 Å². The quantitative estimate of drug-likeness (QED) is 0.807. The summed E-state index contributed by atoms with van der Waals surface area (Å²) >= 11 is 0. The zero-order valence-electron chi connectivity index (χ0n) is 12.6. The highest BCUT2D eigenvalue weighted by Gasteiger charge is 2.27. The topological polar surface area (TPSA) is 15.3 Å². The van der Waals surface area contributed by atoms with E-state index < -0.39 is 0 Å². The summed E-state index contributed by atoms with van der Waals surface area (Å²) in [5.41, 5.74) is 1.39. The number of benzene rings is 1. The molecule has 1 aromatic rings. The van der Waals surface area contributed by atoms with Crippen molar-refractivity contribution in [2.24, 2.45) is 5.92 Å². The summed E-state index contributed by atoms with van der Waals surface area (Å²) in [6, 6.07) is 11.8. The van der Waals surface area contributed by atoms with E-state index in [-0.39, 0.29) is 0 Å². The van der Waals surface area contributed by atoms with Crippen LogP contribution in [0, 0.1) is 5.92 Å². The van der Waals surface area contributed by atoms with Crippen LogP contribution in [0.2, 0.25) is 0 Å². The molecule has 2 atom stereocenters. The molecule has 0 saturated heterocycles. The fourth-order valence-electron chi connectivity index (χ4n) is 3.15. The highest BCUT2D eigenvalue weighted by molar-refractivity contribution is 5.20. The third-order valence-corrected chi connectivity index (χ3v) is 4.65. The summed E-state index contributed by atoms with van der Waals surface area (Å²) in [6.07, 6.45) is 4.29. The van der Waals surface area contributed by atoms with E-state index in [1.54, 1.807) is 0 Å². The van der Waals surface area contributed by atoms with Crippen molar-refractivity contribution in [3.8, 4) is 0 Å². The van der Waals surface area contributed by atoms with E-state index in [9.17, 15) is 0 Å². The van der Waals surface area contributed by atoms with E-state index in [4.69, 9.17) is 0 Å². The van der Waals surface area contributed by atoms with Gasteiger partial charge in [0.1, 0.15) is 0 Å². The van der Waals surface area contributed by atoms with E-state index in [1.165, 1.54) is 31.4 Å². The molecule has 0 bridgehead atoms. The van der Waals surface area contributed by atoms with Crippen LogP contribution in [0.5, 0.6) is 0 Å². The molecule has 1 fully saturated rings. The summed E-state index contributed by atoms with van der Waals surface area (Å²) in [5, 5.41) is 3.50. The number of rotatable bonds is 7. The van der Waals surface area contributed by atoms with Gasteiger partial charge in [0.15, 0.2) is 0 Å². The van der Waals surface area contributed by atoms with Gasteiger partial charge in [-0.05, 0) is 44.8 Å². The molecule has 1 saturated carbocycles. The lowest BCUT2D eigenvalue weighted by atomic mass is 9.84. The SMILES string of the molecule is CCN(CC1CCC1)C(C)C(NC)c1ccccc1. The molecule has 0 radical (unpaired) electrons. The first-order valence-corrected chi connectivity index (χ1v) is 7.72. The maximum Gasteiger partial charge on any atom is 0.0473 e. The number of hydrogen-bond donors (Lipinski definition) is 1. The third-order valence-electron chi connectivity index (χ3n) is 4.65. The largest absolute Gasteiger partial charge is 0.312 e. The van der Waals surface area contributed by atoms with Gasteiger partial charge >= 0.3 is 0 Å². The fourth-order valence-corrected chi connectivity index (χ4v) is 3.15. The molecule has 1 aromatic carbocycles. The van der Waals surface area contributed by atoms with Gasteiger partial charge in [-0.15, -0.1) is 0 Å². The van der Waals surface area contributed by atoms with E-state index >= 15 is 0 Å². The van der Waals surface area contributed by atoms with Crippen LogP contribution in [0.1, 0.15) is 44.7 Å². The Bertz CT molecular complexity index is 359. The number of nitrogens with zero attached hydrogens (tertiary/aromatic N) is 1. The predicted octanol–water partition coefficient (Wildman–Crippen LogP) is 3.46. The van der Waals surface area contributed by atoms with Crippen molar-refractivity contribution in [2.75, 3.05) is 20.1 Å². The van der Waals surface area contributed by atoms with Gasteiger partial charge in [0, 0.05) is 18.6 Å². The molecule has 0 amide bonds. The summed E-state index contributed by atoms with van der Waals surface area (Å²) in [5.74, 6) is 0.940. The average molecular weight is 260 g/mol. The first-order chi connectivity index (χ1) is 9.26. The minimum Gasteiger partial charge on any atom is -0.312 e. The van der Waals surface area contributed by atoms with Crippen LogP contribution < -0.4 is 5.32 Å². The molecule has 106 valence electrons. The standard InChI is InChI=1S/C17H28N2/c1-4-19(13-15-9-8-10-15)14(2)17(18-3)16-11-6-5-7-12-16/h5-7,11-12,14-15,17-18H,4,8-10,13H2,1-3H3. The highest BCUT2D eigenvalue weighted by Crippen LogP contribution is 2.29. The van der Waals surface area contributed by atoms with Crippen molar-refractivity contribution in [1.29, 1.82) is 0 Å². The van der Waals surface area contributed by atoms with E-state index in [0.29, 0.717) is 12.1 Å². The Morgan fingerprint density at radius 1 is 1.26 bits per heavy atom. The summed E-state index contributed by atoms with van der Waals surface area (Å²) in [4.78, 5) is 2.64. The summed E-state index contributed by atoms with van der Waals surface area (Å²) in [6.45, 7) is 7.05. The number of nitrogens with one attached hydrogen (secondary N) is 1. The second-order valence-corrected chi connectivity index (χ2v) is 5.80. The Morgan fingerprint density at radius 3 is 2.42 bits per heavy atom. The predicted molar refractivity (Wildman–Crippen MR) is 82.3 cm³/mol. The van der Waals surface area contributed by atoms with Crippen LogP contribution in [-0.4, -0.2) is 31.1 Å². The zero-order valence-corrected chi connectivity index (χ0v) is 12.6. The fraction of sp³-hybridized carbons (Fsp3) is 0.647. The minimum atomic E-state index is 0.418. The van der Waals surface area contributed by atoms with Crippen LogP contribution in [0.3, 0.4) is 0 Å². The van der Waals surface area contributed by atoms with E-state index in [0.717, 1.165) is 12.5 Å².